The monoisotopic (exact) mass is 247 g/mol. The standard InChI is InChI=1S/C13H10FNO3/c14-9-6-8(12(17)10(15)13(9)18)11(16)7-4-2-1-3-5-7/h1-6,17-18H,15H2. The molecular formula is C13H10FNO3. The molecule has 0 heterocycles. The van der Waals surface area contributed by atoms with Gasteiger partial charge >= 0.3 is 0 Å². The molecule has 4 nitrogen and oxygen atoms in total. The fourth-order valence-electron chi connectivity index (χ4n) is 1.57. The number of carbonyl (C=O) groups is 1. The number of rotatable bonds is 2. The highest BCUT2D eigenvalue weighted by Crippen LogP contribution is 2.36. The number of phenolic OH excluding ortho intramolecular Hbond substituents is 2. The lowest BCUT2D eigenvalue weighted by atomic mass is 10.0. The molecule has 0 fully saturated rings. The molecule has 92 valence electrons. The molecule has 5 heteroatoms. The zero-order valence-electron chi connectivity index (χ0n) is 9.22. The molecule has 2 rings (SSSR count). The average molecular weight is 247 g/mol. The lowest BCUT2D eigenvalue weighted by molar-refractivity contribution is 0.103. The first-order chi connectivity index (χ1) is 8.52. The molecule has 0 aliphatic rings. The summed E-state index contributed by atoms with van der Waals surface area (Å²) in [6.45, 7) is 0. The maximum Gasteiger partial charge on any atom is 0.196 e. The summed E-state index contributed by atoms with van der Waals surface area (Å²) in [5.74, 6) is -3.11. The molecule has 0 bridgehead atoms. The van der Waals surface area contributed by atoms with Gasteiger partial charge in [-0.05, 0) is 6.07 Å². The molecule has 0 aliphatic heterocycles. The van der Waals surface area contributed by atoms with E-state index in [9.17, 15) is 19.4 Å². The van der Waals surface area contributed by atoms with Crippen molar-refractivity contribution >= 4 is 11.5 Å². The van der Waals surface area contributed by atoms with Gasteiger partial charge in [0.25, 0.3) is 0 Å². The Morgan fingerprint density at radius 2 is 1.72 bits per heavy atom. The third-order valence-corrected chi connectivity index (χ3v) is 2.54. The summed E-state index contributed by atoms with van der Waals surface area (Å²) in [7, 11) is 0. The highest BCUT2D eigenvalue weighted by atomic mass is 19.1. The molecule has 0 saturated heterocycles. The van der Waals surface area contributed by atoms with Gasteiger partial charge in [0.1, 0.15) is 5.69 Å². The topological polar surface area (TPSA) is 83.5 Å². The van der Waals surface area contributed by atoms with E-state index in [0.29, 0.717) is 0 Å². The SMILES string of the molecule is Nc1c(O)c(F)cc(C(=O)c2ccccc2)c1O. The number of phenols is 2. The van der Waals surface area contributed by atoms with E-state index in [4.69, 9.17) is 5.73 Å². The Morgan fingerprint density at radius 3 is 2.33 bits per heavy atom. The second-order valence-corrected chi connectivity index (χ2v) is 3.71. The van der Waals surface area contributed by atoms with Crippen molar-refractivity contribution in [3.05, 3.63) is 53.3 Å². The van der Waals surface area contributed by atoms with Gasteiger partial charge in [-0.25, -0.2) is 4.39 Å². The fraction of sp³-hybridized carbons (Fsp3) is 0. The molecule has 18 heavy (non-hydrogen) atoms. The van der Waals surface area contributed by atoms with Crippen LogP contribution in [0.25, 0.3) is 0 Å². The fourth-order valence-corrected chi connectivity index (χ4v) is 1.57. The van der Waals surface area contributed by atoms with Crippen LogP contribution in [0, 0.1) is 5.82 Å². The molecule has 0 unspecified atom stereocenters. The second kappa shape index (κ2) is 4.37. The van der Waals surface area contributed by atoms with Crippen LogP contribution in [0.4, 0.5) is 10.1 Å². The van der Waals surface area contributed by atoms with Crippen LogP contribution in [0.1, 0.15) is 15.9 Å². The largest absolute Gasteiger partial charge is 0.505 e. The number of ketones is 1. The maximum atomic E-state index is 13.3. The minimum Gasteiger partial charge on any atom is -0.505 e. The van der Waals surface area contributed by atoms with Gasteiger partial charge in [-0.2, -0.15) is 0 Å². The molecule has 2 aromatic carbocycles. The first kappa shape index (κ1) is 11.9. The number of benzene rings is 2. The Balaban J connectivity index is 2.56. The minimum atomic E-state index is -1.05. The summed E-state index contributed by atoms with van der Waals surface area (Å²) in [5, 5.41) is 18.9. The van der Waals surface area contributed by atoms with Crippen molar-refractivity contribution in [3.8, 4) is 11.5 Å². The number of halogens is 1. The molecule has 0 amide bonds. The van der Waals surface area contributed by atoms with E-state index in [2.05, 4.69) is 0 Å². The van der Waals surface area contributed by atoms with E-state index < -0.39 is 28.8 Å². The number of hydrogen-bond donors (Lipinski definition) is 3. The smallest absolute Gasteiger partial charge is 0.196 e. The third kappa shape index (κ3) is 1.86. The van der Waals surface area contributed by atoms with Crippen LogP contribution >= 0.6 is 0 Å². The molecule has 0 spiro atoms. The lowest BCUT2D eigenvalue weighted by Gasteiger charge is -2.08. The van der Waals surface area contributed by atoms with Crippen LogP contribution in [0.5, 0.6) is 11.5 Å². The molecule has 0 saturated carbocycles. The highest BCUT2D eigenvalue weighted by Gasteiger charge is 2.20. The minimum absolute atomic E-state index is 0.283. The molecule has 0 atom stereocenters. The Labute approximate surface area is 102 Å². The zero-order valence-corrected chi connectivity index (χ0v) is 9.22. The van der Waals surface area contributed by atoms with Crippen LogP contribution in [0.15, 0.2) is 36.4 Å². The Kier molecular flexibility index (Phi) is 2.89. The van der Waals surface area contributed by atoms with Gasteiger partial charge in [0.2, 0.25) is 0 Å². The van der Waals surface area contributed by atoms with E-state index in [1.165, 1.54) is 12.1 Å². The second-order valence-electron chi connectivity index (χ2n) is 3.71. The number of nitrogens with two attached hydrogens (primary N) is 1. The normalized spacial score (nSPS) is 10.3. The predicted molar refractivity (Wildman–Crippen MR) is 64.0 cm³/mol. The zero-order chi connectivity index (χ0) is 13.3. The maximum absolute atomic E-state index is 13.3. The van der Waals surface area contributed by atoms with Crippen LogP contribution in [0.3, 0.4) is 0 Å². The van der Waals surface area contributed by atoms with E-state index >= 15 is 0 Å². The summed E-state index contributed by atoms with van der Waals surface area (Å²) < 4.78 is 13.3. The molecular weight excluding hydrogens is 237 g/mol. The first-order valence-electron chi connectivity index (χ1n) is 5.12. The van der Waals surface area contributed by atoms with Gasteiger partial charge in [0.15, 0.2) is 23.1 Å². The van der Waals surface area contributed by atoms with Gasteiger partial charge in [0.05, 0.1) is 5.56 Å². The molecule has 4 N–H and O–H groups in total. The lowest BCUT2D eigenvalue weighted by Crippen LogP contribution is -2.04. The Morgan fingerprint density at radius 1 is 1.11 bits per heavy atom. The number of carbonyl (C=O) groups excluding carboxylic acids is 1. The third-order valence-electron chi connectivity index (χ3n) is 2.54. The first-order valence-corrected chi connectivity index (χ1v) is 5.12. The van der Waals surface area contributed by atoms with Crippen LogP contribution in [-0.2, 0) is 0 Å². The van der Waals surface area contributed by atoms with Crippen molar-refractivity contribution in [2.75, 3.05) is 5.73 Å². The van der Waals surface area contributed by atoms with Crippen molar-refractivity contribution in [3.63, 3.8) is 0 Å². The van der Waals surface area contributed by atoms with Crippen molar-refractivity contribution in [2.45, 2.75) is 0 Å². The summed E-state index contributed by atoms with van der Waals surface area (Å²) in [5.41, 5.74) is 4.77. The quantitative estimate of drug-likeness (QED) is 0.431. The summed E-state index contributed by atoms with van der Waals surface area (Å²) in [6, 6.07) is 8.83. The summed E-state index contributed by atoms with van der Waals surface area (Å²) in [4.78, 5) is 12.0. The molecule has 0 radical (unpaired) electrons. The van der Waals surface area contributed by atoms with Gasteiger partial charge in [-0.15, -0.1) is 0 Å². The van der Waals surface area contributed by atoms with Crippen molar-refractivity contribution < 1.29 is 19.4 Å². The van der Waals surface area contributed by atoms with Gasteiger partial charge < -0.3 is 15.9 Å². The summed E-state index contributed by atoms with van der Waals surface area (Å²) >= 11 is 0. The van der Waals surface area contributed by atoms with E-state index in [0.717, 1.165) is 6.07 Å². The van der Waals surface area contributed by atoms with E-state index in [1.54, 1.807) is 18.2 Å². The van der Waals surface area contributed by atoms with Crippen molar-refractivity contribution in [1.82, 2.24) is 0 Å². The summed E-state index contributed by atoms with van der Waals surface area (Å²) in [6.07, 6.45) is 0. The number of anilines is 1. The van der Waals surface area contributed by atoms with E-state index in [-0.39, 0.29) is 11.1 Å². The Bertz CT molecular complexity index is 611. The molecule has 0 aromatic heterocycles. The number of hydrogen-bond acceptors (Lipinski definition) is 4. The molecule has 2 aromatic rings. The molecule has 0 aliphatic carbocycles. The van der Waals surface area contributed by atoms with Gasteiger partial charge in [0, 0.05) is 5.56 Å². The average Bonchev–Trinajstić information content (AvgIpc) is 2.41. The van der Waals surface area contributed by atoms with E-state index in [1.807, 2.05) is 0 Å². The van der Waals surface area contributed by atoms with Gasteiger partial charge in [-0.1, -0.05) is 30.3 Å². The van der Waals surface area contributed by atoms with Crippen LogP contribution in [-0.4, -0.2) is 16.0 Å². The van der Waals surface area contributed by atoms with Crippen LogP contribution < -0.4 is 5.73 Å². The predicted octanol–water partition coefficient (Wildman–Crippen LogP) is 2.05. The van der Waals surface area contributed by atoms with Crippen molar-refractivity contribution in [2.24, 2.45) is 0 Å². The number of aromatic hydroxyl groups is 2. The highest BCUT2D eigenvalue weighted by molar-refractivity contribution is 6.11. The Hall–Kier alpha value is -2.56. The van der Waals surface area contributed by atoms with Gasteiger partial charge in [-0.3, -0.25) is 4.79 Å². The van der Waals surface area contributed by atoms with Crippen molar-refractivity contribution in [1.29, 1.82) is 0 Å². The van der Waals surface area contributed by atoms with Crippen LogP contribution in [0.2, 0.25) is 0 Å². The number of nitrogen functional groups attached to an aromatic ring is 1.